The SMILES string of the molecule is O=C(/C=C/c1ccc(Cl)cc1Cl)Nc1cccc(S(=O)(=O)N2CCOCC2)c1. The molecule has 1 aliphatic rings. The van der Waals surface area contributed by atoms with Gasteiger partial charge >= 0.3 is 0 Å². The number of halogens is 2. The molecular formula is C19H18Cl2N2O4S. The Labute approximate surface area is 173 Å². The van der Waals surface area contributed by atoms with Crippen LogP contribution in [0.5, 0.6) is 0 Å². The van der Waals surface area contributed by atoms with E-state index < -0.39 is 15.9 Å². The standard InChI is InChI=1S/C19H18Cl2N2O4S/c20-15-6-4-14(18(21)12-15)5-7-19(24)22-16-2-1-3-17(13-16)28(25,26)23-8-10-27-11-9-23/h1-7,12-13H,8-11H2,(H,22,24)/b7-5+. The normalized spacial score (nSPS) is 15.6. The molecule has 6 nitrogen and oxygen atoms in total. The molecule has 0 aromatic heterocycles. The van der Waals surface area contributed by atoms with E-state index in [1.54, 1.807) is 36.4 Å². The van der Waals surface area contributed by atoms with Crippen LogP contribution in [-0.2, 0) is 19.6 Å². The van der Waals surface area contributed by atoms with Crippen molar-refractivity contribution >= 4 is 50.9 Å². The van der Waals surface area contributed by atoms with Crippen molar-refractivity contribution in [1.29, 1.82) is 0 Å². The Hall–Kier alpha value is -1.90. The molecule has 3 rings (SSSR count). The van der Waals surface area contributed by atoms with Crippen LogP contribution >= 0.6 is 23.2 Å². The molecule has 0 spiro atoms. The zero-order valence-electron chi connectivity index (χ0n) is 14.8. The van der Waals surface area contributed by atoms with Gasteiger partial charge in [0.25, 0.3) is 0 Å². The number of carbonyl (C=O) groups excluding carboxylic acids is 1. The summed E-state index contributed by atoms with van der Waals surface area (Å²) in [4.78, 5) is 12.3. The Bertz CT molecular complexity index is 1000. The minimum Gasteiger partial charge on any atom is -0.379 e. The molecule has 0 radical (unpaired) electrons. The van der Waals surface area contributed by atoms with Gasteiger partial charge in [-0.3, -0.25) is 4.79 Å². The topological polar surface area (TPSA) is 75.7 Å². The van der Waals surface area contributed by atoms with Crippen LogP contribution in [-0.4, -0.2) is 44.9 Å². The predicted octanol–water partition coefficient (Wildman–Crippen LogP) is 3.67. The molecule has 2 aromatic rings. The van der Waals surface area contributed by atoms with Crippen LogP contribution in [0.3, 0.4) is 0 Å². The number of hydrogen-bond donors (Lipinski definition) is 1. The summed E-state index contributed by atoms with van der Waals surface area (Å²) in [6.45, 7) is 1.36. The second-order valence-electron chi connectivity index (χ2n) is 6.03. The first kappa shape index (κ1) is 20.8. The second-order valence-corrected chi connectivity index (χ2v) is 8.81. The lowest BCUT2D eigenvalue weighted by atomic mass is 10.2. The maximum atomic E-state index is 12.7. The quantitative estimate of drug-likeness (QED) is 0.719. The van der Waals surface area contributed by atoms with Gasteiger partial charge in [0.1, 0.15) is 0 Å². The minimum absolute atomic E-state index is 0.122. The van der Waals surface area contributed by atoms with E-state index in [-0.39, 0.29) is 4.90 Å². The molecule has 1 aliphatic heterocycles. The highest BCUT2D eigenvalue weighted by Crippen LogP contribution is 2.23. The Morgan fingerprint density at radius 1 is 1.11 bits per heavy atom. The van der Waals surface area contributed by atoms with Gasteiger partial charge in [0.05, 0.1) is 18.1 Å². The number of ether oxygens (including phenoxy) is 1. The highest BCUT2D eigenvalue weighted by Gasteiger charge is 2.26. The first-order chi connectivity index (χ1) is 13.4. The first-order valence-electron chi connectivity index (χ1n) is 8.48. The predicted molar refractivity (Wildman–Crippen MR) is 110 cm³/mol. The third-order valence-electron chi connectivity index (χ3n) is 4.09. The number of benzene rings is 2. The van der Waals surface area contributed by atoms with Gasteiger partial charge in [-0.25, -0.2) is 8.42 Å². The van der Waals surface area contributed by atoms with E-state index in [0.717, 1.165) is 0 Å². The molecule has 0 bridgehead atoms. The minimum atomic E-state index is -3.63. The molecule has 28 heavy (non-hydrogen) atoms. The van der Waals surface area contributed by atoms with Gasteiger partial charge in [0.2, 0.25) is 15.9 Å². The molecule has 1 amide bonds. The number of nitrogens with zero attached hydrogens (tertiary/aromatic N) is 1. The van der Waals surface area contributed by atoms with Gasteiger partial charge in [0, 0.05) is 34.9 Å². The van der Waals surface area contributed by atoms with Gasteiger partial charge in [-0.2, -0.15) is 4.31 Å². The number of carbonyl (C=O) groups is 1. The fraction of sp³-hybridized carbons (Fsp3) is 0.211. The molecule has 1 fully saturated rings. The Morgan fingerprint density at radius 2 is 1.86 bits per heavy atom. The van der Waals surface area contributed by atoms with E-state index in [2.05, 4.69) is 5.32 Å². The van der Waals surface area contributed by atoms with E-state index in [1.807, 2.05) is 0 Å². The van der Waals surface area contributed by atoms with E-state index in [9.17, 15) is 13.2 Å². The van der Waals surface area contributed by atoms with Crippen molar-refractivity contribution in [2.24, 2.45) is 0 Å². The molecule has 0 atom stereocenters. The maximum absolute atomic E-state index is 12.7. The molecule has 1 N–H and O–H groups in total. The van der Waals surface area contributed by atoms with Crippen molar-refractivity contribution < 1.29 is 17.9 Å². The van der Waals surface area contributed by atoms with Crippen LogP contribution in [0.2, 0.25) is 10.0 Å². The van der Waals surface area contributed by atoms with Crippen LogP contribution < -0.4 is 5.32 Å². The lowest BCUT2D eigenvalue weighted by molar-refractivity contribution is -0.111. The van der Waals surface area contributed by atoms with Gasteiger partial charge in [-0.1, -0.05) is 35.3 Å². The van der Waals surface area contributed by atoms with Crippen LogP contribution in [0.4, 0.5) is 5.69 Å². The lowest BCUT2D eigenvalue weighted by Crippen LogP contribution is -2.40. The number of sulfonamides is 1. The molecule has 1 saturated heterocycles. The van der Waals surface area contributed by atoms with Gasteiger partial charge in [0.15, 0.2) is 0 Å². The van der Waals surface area contributed by atoms with Gasteiger partial charge in [-0.05, 0) is 42.0 Å². The summed E-state index contributed by atoms with van der Waals surface area (Å²) in [6.07, 6.45) is 2.88. The summed E-state index contributed by atoms with van der Waals surface area (Å²) in [7, 11) is -3.63. The summed E-state index contributed by atoms with van der Waals surface area (Å²) in [5, 5.41) is 3.59. The summed E-state index contributed by atoms with van der Waals surface area (Å²) >= 11 is 11.9. The van der Waals surface area contributed by atoms with E-state index in [0.29, 0.717) is 47.6 Å². The van der Waals surface area contributed by atoms with E-state index in [4.69, 9.17) is 27.9 Å². The second kappa shape index (κ2) is 9.07. The zero-order chi connectivity index (χ0) is 20.1. The van der Waals surface area contributed by atoms with Crippen molar-refractivity contribution in [3.63, 3.8) is 0 Å². The number of amides is 1. The molecule has 9 heteroatoms. The average molecular weight is 441 g/mol. The summed E-state index contributed by atoms with van der Waals surface area (Å²) < 4.78 is 32.0. The molecule has 148 valence electrons. The van der Waals surface area contributed by atoms with Crippen LogP contribution in [0.15, 0.2) is 53.4 Å². The van der Waals surface area contributed by atoms with E-state index in [1.165, 1.54) is 22.5 Å². The van der Waals surface area contributed by atoms with Crippen molar-refractivity contribution in [2.45, 2.75) is 4.90 Å². The van der Waals surface area contributed by atoms with Crippen molar-refractivity contribution in [2.75, 3.05) is 31.6 Å². The fourth-order valence-corrected chi connectivity index (χ4v) is 4.58. The van der Waals surface area contributed by atoms with Gasteiger partial charge < -0.3 is 10.1 Å². The number of nitrogens with one attached hydrogen (secondary N) is 1. The Kier molecular flexibility index (Phi) is 6.74. The average Bonchev–Trinajstić information content (AvgIpc) is 2.68. The van der Waals surface area contributed by atoms with Crippen molar-refractivity contribution in [3.8, 4) is 0 Å². The molecule has 2 aromatic carbocycles. The van der Waals surface area contributed by atoms with Crippen LogP contribution in [0, 0.1) is 0 Å². The summed E-state index contributed by atoms with van der Waals surface area (Å²) in [5.41, 5.74) is 1.02. The summed E-state index contributed by atoms with van der Waals surface area (Å²) in [6, 6.07) is 11.1. The third-order valence-corrected chi connectivity index (χ3v) is 6.54. The van der Waals surface area contributed by atoms with Crippen molar-refractivity contribution in [3.05, 3.63) is 64.1 Å². The zero-order valence-corrected chi connectivity index (χ0v) is 17.1. The Balaban J connectivity index is 1.71. The number of morpholine rings is 1. The monoisotopic (exact) mass is 440 g/mol. The highest BCUT2D eigenvalue weighted by atomic mass is 35.5. The first-order valence-corrected chi connectivity index (χ1v) is 10.7. The fourth-order valence-electron chi connectivity index (χ4n) is 2.66. The smallest absolute Gasteiger partial charge is 0.248 e. The number of hydrogen-bond acceptors (Lipinski definition) is 4. The lowest BCUT2D eigenvalue weighted by Gasteiger charge is -2.26. The van der Waals surface area contributed by atoms with Crippen LogP contribution in [0.25, 0.3) is 6.08 Å². The summed E-state index contributed by atoms with van der Waals surface area (Å²) in [5.74, 6) is -0.410. The molecule has 0 aliphatic carbocycles. The molecule has 0 saturated carbocycles. The van der Waals surface area contributed by atoms with E-state index >= 15 is 0 Å². The molecular weight excluding hydrogens is 423 g/mol. The molecule has 1 heterocycles. The van der Waals surface area contributed by atoms with Crippen molar-refractivity contribution in [1.82, 2.24) is 4.31 Å². The van der Waals surface area contributed by atoms with Gasteiger partial charge in [-0.15, -0.1) is 0 Å². The molecule has 0 unspecified atom stereocenters. The Morgan fingerprint density at radius 3 is 2.57 bits per heavy atom. The largest absolute Gasteiger partial charge is 0.379 e. The number of rotatable bonds is 5. The number of anilines is 1. The highest BCUT2D eigenvalue weighted by molar-refractivity contribution is 7.89. The maximum Gasteiger partial charge on any atom is 0.248 e. The van der Waals surface area contributed by atoms with Crippen LogP contribution in [0.1, 0.15) is 5.56 Å². The third kappa shape index (κ3) is 5.12.